The van der Waals surface area contributed by atoms with Crippen LogP contribution in [0.3, 0.4) is 0 Å². The van der Waals surface area contributed by atoms with Gasteiger partial charge < -0.3 is 42.9 Å². The molecule has 1 fully saturated rings. The summed E-state index contributed by atoms with van der Waals surface area (Å²) in [6.07, 6.45) is 2.20. The van der Waals surface area contributed by atoms with Gasteiger partial charge in [-0.1, -0.05) is 23.7 Å². The Kier molecular flexibility index (Phi) is 7.44. The number of quaternary nitrogens is 1. The third kappa shape index (κ3) is 5.35. The van der Waals surface area contributed by atoms with Crippen LogP contribution < -0.4 is 29.3 Å². The minimum absolute atomic E-state index is 0. The summed E-state index contributed by atoms with van der Waals surface area (Å²) in [5.41, 5.74) is 2.63. The number of fused-ring (bicyclic) bond motifs is 1. The Balaban J connectivity index is 0.00000256. The summed E-state index contributed by atoms with van der Waals surface area (Å²) >= 11 is 6.00. The maximum atomic E-state index is 12.5. The van der Waals surface area contributed by atoms with E-state index >= 15 is 0 Å². The van der Waals surface area contributed by atoms with Gasteiger partial charge in [0.05, 0.1) is 33.4 Å². The monoisotopic (exact) mass is 540 g/mol. The van der Waals surface area contributed by atoms with E-state index in [1.165, 1.54) is 5.56 Å². The van der Waals surface area contributed by atoms with Crippen molar-refractivity contribution < 1.29 is 42.4 Å². The number of rotatable bonds is 5. The molecule has 0 aliphatic carbocycles. The van der Waals surface area contributed by atoms with Gasteiger partial charge in [0.2, 0.25) is 0 Å². The molecule has 0 saturated carbocycles. The molecular formula is C23H26ClIN2O3. The molecule has 30 heavy (non-hydrogen) atoms. The topological polar surface area (TPSA) is 51.5 Å². The van der Waals surface area contributed by atoms with Crippen molar-refractivity contribution in [2.45, 2.75) is 25.4 Å². The van der Waals surface area contributed by atoms with Gasteiger partial charge in [0.25, 0.3) is 5.91 Å². The van der Waals surface area contributed by atoms with Crippen LogP contribution in [0, 0.1) is 0 Å². The summed E-state index contributed by atoms with van der Waals surface area (Å²) in [5, 5.41) is 4.32. The standard InChI is InChI=1S/C23H25ClN2O3.HI/c1-26(2,20-9-11-28-12-10-20)15-16-3-6-19(7-4-16)25-23(27)22-14-17-13-18(24)5-8-21(17)29-22;/h3-8,13-14,20H,9-12,15H2,1-2H3;1H. The molecule has 5 nitrogen and oxygen atoms in total. The fourth-order valence-electron chi connectivity index (χ4n) is 4.00. The van der Waals surface area contributed by atoms with Gasteiger partial charge in [-0.2, -0.15) is 0 Å². The number of hydrogen-bond donors (Lipinski definition) is 1. The van der Waals surface area contributed by atoms with Crippen molar-refractivity contribution in [3.63, 3.8) is 0 Å². The molecule has 7 heteroatoms. The van der Waals surface area contributed by atoms with E-state index < -0.39 is 0 Å². The summed E-state index contributed by atoms with van der Waals surface area (Å²) in [6, 6.07) is 15.7. The third-order valence-corrected chi connectivity index (χ3v) is 5.92. The van der Waals surface area contributed by atoms with Gasteiger partial charge in [0, 0.05) is 34.5 Å². The normalized spacial score (nSPS) is 15.0. The van der Waals surface area contributed by atoms with E-state index in [1.54, 1.807) is 24.3 Å². The van der Waals surface area contributed by atoms with Crippen molar-refractivity contribution in [1.82, 2.24) is 0 Å². The number of nitrogens with one attached hydrogen (secondary N) is 1. The van der Waals surface area contributed by atoms with Crippen molar-refractivity contribution in [2.24, 2.45) is 0 Å². The molecule has 1 amide bonds. The van der Waals surface area contributed by atoms with Gasteiger partial charge in [0.15, 0.2) is 5.76 Å². The number of carbonyl (C=O) groups is 1. The molecule has 2 aromatic carbocycles. The number of anilines is 1. The molecule has 4 rings (SSSR count). The predicted molar refractivity (Wildman–Crippen MR) is 115 cm³/mol. The molecule has 1 aliphatic heterocycles. The molecule has 0 atom stereocenters. The summed E-state index contributed by atoms with van der Waals surface area (Å²) < 4.78 is 12.1. The van der Waals surface area contributed by atoms with E-state index in [0.717, 1.165) is 48.2 Å². The first kappa shape index (κ1) is 23.1. The molecule has 1 N–H and O–H groups in total. The smallest absolute Gasteiger partial charge is 0.291 e. The molecular weight excluding hydrogens is 515 g/mol. The zero-order chi connectivity index (χ0) is 20.4. The summed E-state index contributed by atoms with van der Waals surface area (Å²) in [4.78, 5) is 12.5. The highest BCUT2D eigenvalue weighted by atomic mass is 127. The second-order valence-electron chi connectivity index (χ2n) is 8.22. The van der Waals surface area contributed by atoms with Crippen molar-refractivity contribution in [3.05, 3.63) is 64.9 Å². The zero-order valence-corrected chi connectivity index (χ0v) is 20.1. The number of halogens is 2. The van der Waals surface area contributed by atoms with Crippen molar-refractivity contribution >= 4 is 34.2 Å². The van der Waals surface area contributed by atoms with Crippen LogP contribution in [-0.2, 0) is 11.3 Å². The molecule has 0 unspecified atom stereocenters. The van der Waals surface area contributed by atoms with Crippen molar-refractivity contribution in [1.29, 1.82) is 0 Å². The van der Waals surface area contributed by atoms with Crippen molar-refractivity contribution in [3.8, 4) is 0 Å². The lowest BCUT2D eigenvalue weighted by Gasteiger charge is -2.40. The molecule has 160 valence electrons. The molecule has 1 aliphatic rings. The second kappa shape index (κ2) is 9.68. The van der Waals surface area contributed by atoms with Crippen LogP contribution in [0.15, 0.2) is 52.9 Å². The Morgan fingerprint density at radius 3 is 2.50 bits per heavy atom. The number of ether oxygens (including phenoxy) is 1. The summed E-state index contributed by atoms with van der Waals surface area (Å²) in [6.45, 7) is 2.65. The fourth-order valence-corrected chi connectivity index (χ4v) is 4.18. The largest absolute Gasteiger partial charge is 1.00 e. The van der Waals surface area contributed by atoms with E-state index in [4.69, 9.17) is 20.8 Å². The first-order valence-electron chi connectivity index (χ1n) is 9.90. The number of furan rings is 1. The number of hydrogen-bond acceptors (Lipinski definition) is 3. The van der Waals surface area contributed by atoms with Gasteiger partial charge in [0.1, 0.15) is 12.1 Å². The number of nitrogens with zero attached hydrogens (tertiary/aromatic N) is 1. The fraction of sp³-hybridized carbons (Fsp3) is 0.348. The maximum Gasteiger partial charge on any atom is 0.291 e. The van der Waals surface area contributed by atoms with Crippen LogP contribution in [-0.4, -0.2) is 43.7 Å². The van der Waals surface area contributed by atoms with Crippen LogP contribution in [0.5, 0.6) is 0 Å². The van der Waals surface area contributed by atoms with Gasteiger partial charge in [-0.3, -0.25) is 4.79 Å². The Morgan fingerprint density at radius 2 is 1.80 bits per heavy atom. The average Bonchev–Trinajstić information content (AvgIpc) is 3.13. The summed E-state index contributed by atoms with van der Waals surface area (Å²) in [5.74, 6) is -0.00736. The average molecular weight is 541 g/mol. The SMILES string of the molecule is C[N+](C)(Cc1ccc(NC(=O)c2cc3cc(Cl)ccc3o2)cc1)C1CCOCC1.[I-]. The van der Waals surface area contributed by atoms with E-state index in [1.807, 2.05) is 12.1 Å². The van der Waals surface area contributed by atoms with Gasteiger partial charge in [-0.05, 0) is 36.4 Å². The minimum atomic E-state index is -0.275. The molecule has 1 saturated heterocycles. The lowest BCUT2D eigenvalue weighted by molar-refractivity contribution is -0.929. The first-order chi connectivity index (χ1) is 13.9. The summed E-state index contributed by atoms with van der Waals surface area (Å²) in [7, 11) is 4.55. The highest BCUT2D eigenvalue weighted by Gasteiger charge is 2.30. The highest BCUT2D eigenvalue weighted by molar-refractivity contribution is 6.31. The minimum Gasteiger partial charge on any atom is -1.00 e. The molecule has 1 aromatic heterocycles. The molecule has 2 heterocycles. The Hall–Kier alpha value is -1.61. The Bertz CT molecular complexity index is 1010. The maximum absolute atomic E-state index is 12.5. The van der Waals surface area contributed by atoms with Crippen LogP contribution >= 0.6 is 11.6 Å². The van der Waals surface area contributed by atoms with E-state index in [-0.39, 0.29) is 35.6 Å². The third-order valence-electron chi connectivity index (χ3n) is 5.68. The lowest BCUT2D eigenvalue weighted by Crippen LogP contribution is -3.00. The van der Waals surface area contributed by atoms with Gasteiger partial charge in [-0.25, -0.2) is 0 Å². The predicted octanol–water partition coefficient (Wildman–Crippen LogP) is 2.10. The quantitative estimate of drug-likeness (QED) is 0.398. The zero-order valence-electron chi connectivity index (χ0n) is 17.2. The van der Waals surface area contributed by atoms with Gasteiger partial charge >= 0.3 is 0 Å². The van der Waals surface area contributed by atoms with Crippen molar-refractivity contribution in [2.75, 3.05) is 32.6 Å². The van der Waals surface area contributed by atoms with E-state index in [9.17, 15) is 4.79 Å². The van der Waals surface area contributed by atoms with E-state index in [0.29, 0.717) is 16.6 Å². The Labute approximate surface area is 198 Å². The molecule has 0 spiro atoms. The van der Waals surface area contributed by atoms with Gasteiger partial charge in [-0.15, -0.1) is 0 Å². The number of amides is 1. The lowest BCUT2D eigenvalue weighted by atomic mass is 10.0. The van der Waals surface area contributed by atoms with Crippen LogP contribution in [0.1, 0.15) is 29.0 Å². The van der Waals surface area contributed by atoms with E-state index in [2.05, 4.69) is 31.5 Å². The van der Waals surface area contributed by atoms with Crippen LogP contribution in [0.4, 0.5) is 5.69 Å². The Morgan fingerprint density at radius 1 is 1.10 bits per heavy atom. The molecule has 0 bridgehead atoms. The van der Waals surface area contributed by atoms with Crippen LogP contribution in [0.2, 0.25) is 5.02 Å². The first-order valence-corrected chi connectivity index (χ1v) is 10.3. The van der Waals surface area contributed by atoms with Crippen LogP contribution in [0.25, 0.3) is 11.0 Å². The molecule has 0 radical (unpaired) electrons. The molecule has 3 aromatic rings. The number of benzene rings is 2. The number of carbonyl (C=O) groups excluding carboxylic acids is 1. The highest BCUT2D eigenvalue weighted by Crippen LogP contribution is 2.25. The second-order valence-corrected chi connectivity index (χ2v) is 8.66.